The minimum absolute atomic E-state index is 1.02. The van der Waals surface area contributed by atoms with Gasteiger partial charge in [0.15, 0.2) is 0 Å². The Balaban J connectivity index is 3.30. The summed E-state index contributed by atoms with van der Waals surface area (Å²) >= 11 is 0. The van der Waals surface area contributed by atoms with Crippen LogP contribution < -0.4 is 10.2 Å². The van der Waals surface area contributed by atoms with Crippen molar-refractivity contribution in [3.05, 3.63) is 30.3 Å². The number of hydrogen-bond donors (Lipinski definition) is 1. The molecule has 0 aliphatic carbocycles. The molecule has 1 rings (SSSR count). The number of nitrogens with zero attached hydrogens (tertiary/aromatic N) is 1. The van der Waals surface area contributed by atoms with Crippen molar-refractivity contribution in [3.63, 3.8) is 0 Å². The van der Waals surface area contributed by atoms with Crippen LogP contribution in [-0.2, 0) is 4.43 Å². The molecule has 5 heteroatoms. The maximum absolute atomic E-state index is 6.04. The molecule has 0 spiro atoms. The van der Waals surface area contributed by atoms with E-state index in [0.29, 0.717) is 0 Å². The van der Waals surface area contributed by atoms with E-state index in [9.17, 15) is 0 Å². The van der Waals surface area contributed by atoms with Gasteiger partial charge in [-0.25, -0.2) is 0 Å². The first kappa shape index (κ1) is 15.6. The fourth-order valence-corrected chi connectivity index (χ4v) is 10.9. The van der Waals surface area contributed by atoms with E-state index in [1.807, 2.05) is 14.2 Å². The summed E-state index contributed by atoms with van der Waals surface area (Å²) in [6.45, 7) is 10.4. The Bertz CT molecular complexity index is 361. The predicted molar refractivity (Wildman–Crippen MR) is 83.6 cm³/mol. The van der Waals surface area contributed by atoms with Crippen LogP contribution in [-0.4, -0.2) is 41.8 Å². The van der Waals surface area contributed by atoms with Crippen LogP contribution in [0.4, 0.5) is 0 Å². The highest BCUT2D eigenvalue weighted by Crippen LogP contribution is 2.18. The summed E-state index contributed by atoms with van der Waals surface area (Å²) in [6.07, 6.45) is 0. The van der Waals surface area contributed by atoms with Gasteiger partial charge >= 0.3 is 8.64 Å². The average Bonchev–Trinajstić information content (AvgIpc) is 2.35. The Hall–Kier alpha value is -0.466. The molecule has 0 saturated carbocycles. The van der Waals surface area contributed by atoms with E-state index >= 15 is 0 Å². The summed E-state index contributed by atoms with van der Waals surface area (Å²) in [6, 6.07) is 10.6. The first-order valence-corrected chi connectivity index (χ1v) is 11.8. The monoisotopic (exact) mass is 282 g/mol. The first-order chi connectivity index (χ1) is 8.42. The molecular weight excluding hydrogens is 256 g/mol. The molecule has 0 bridgehead atoms. The molecule has 0 aromatic heterocycles. The van der Waals surface area contributed by atoms with Crippen LogP contribution in [0.15, 0.2) is 30.3 Å². The molecular formula is C13H26N2OSi2. The second-order valence-corrected chi connectivity index (χ2v) is 14.0. The van der Waals surface area contributed by atoms with Crippen LogP contribution >= 0.6 is 0 Å². The number of rotatable bonds is 6. The van der Waals surface area contributed by atoms with Crippen LogP contribution in [0.1, 0.15) is 6.92 Å². The maximum atomic E-state index is 6.04. The molecule has 0 amide bonds. The molecule has 102 valence electrons. The second-order valence-electron chi connectivity index (χ2n) is 5.38. The highest BCUT2D eigenvalue weighted by Gasteiger charge is 2.47. The minimum Gasteiger partial charge on any atom is -0.392 e. The third-order valence-corrected chi connectivity index (χ3v) is 11.7. The molecule has 0 heterocycles. The van der Waals surface area contributed by atoms with Gasteiger partial charge in [0.05, 0.1) is 0 Å². The fraction of sp³-hybridized carbons (Fsp3) is 0.538. The van der Waals surface area contributed by atoms with Crippen LogP contribution in [0.3, 0.4) is 0 Å². The van der Waals surface area contributed by atoms with Crippen molar-refractivity contribution in [3.8, 4) is 0 Å². The van der Waals surface area contributed by atoms with Gasteiger partial charge in [0.2, 0.25) is 0 Å². The van der Waals surface area contributed by atoms with Gasteiger partial charge in [0.1, 0.15) is 8.24 Å². The zero-order chi connectivity index (χ0) is 13.8. The molecule has 1 aromatic rings. The minimum atomic E-state index is -2.24. The van der Waals surface area contributed by atoms with Crippen molar-refractivity contribution in [1.82, 2.24) is 9.21 Å². The van der Waals surface area contributed by atoms with Gasteiger partial charge in [-0.3, -0.25) is 0 Å². The summed E-state index contributed by atoms with van der Waals surface area (Å²) in [5.74, 6) is 0. The molecule has 0 aliphatic heterocycles. The third-order valence-electron chi connectivity index (χ3n) is 3.31. The van der Waals surface area contributed by atoms with Crippen LogP contribution in [0.25, 0.3) is 0 Å². The standard InChI is InChI=1S/C13H26N2OSi2/c1-7-15(17(4,5)6)18(14-2,16-3)13-11-9-8-10-12-13/h8-12,14H,7H2,1-6H3. The Morgan fingerprint density at radius 2 is 1.72 bits per heavy atom. The van der Waals surface area contributed by atoms with Gasteiger partial charge in [-0.05, 0) is 18.8 Å². The number of benzene rings is 1. The van der Waals surface area contributed by atoms with Crippen molar-refractivity contribution in [1.29, 1.82) is 0 Å². The fourth-order valence-electron chi connectivity index (χ4n) is 2.60. The maximum Gasteiger partial charge on any atom is 0.382 e. The zero-order valence-corrected chi connectivity index (χ0v) is 14.4. The lowest BCUT2D eigenvalue weighted by atomic mass is 10.4. The summed E-state index contributed by atoms with van der Waals surface area (Å²) in [5.41, 5.74) is 0. The highest BCUT2D eigenvalue weighted by atomic mass is 28.4. The van der Waals surface area contributed by atoms with Gasteiger partial charge in [-0.1, -0.05) is 56.9 Å². The van der Waals surface area contributed by atoms with E-state index in [-0.39, 0.29) is 0 Å². The van der Waals surface area contributed by atoms with Gasteiger partial charge in [-0.15, -0.1) is 0 Å². The lowest BCUT2D eigenvalue weighted by molar-refractivity contribution is 0.343. The van der Waals surface area contributed by atoms with Crippen LogP contribution in [0, 0.1) is 0 Å². The Kier molecular flexibility index (Phi) is 5.30. The zero-order valence-electron chi connectivity index (χ0n) is 12.4. The van der Waals surface area contributed by atoms with Crippen LogP contribution in [0.5, 0.6) is 0 Å². The Morgan fingerprint density at radius 3 is 2.06 bits per heavy atom. The summed E-state index contributed by atoms with van der Waals surface area (Å²) in [5, 5.41) is 1.29. The SMILES string of the molecule is CCN([Si](C)(C)C)[Si](NC)(OC)c1ccccc1. The quantitative estimate of drug-likeness (QED) is 0.806. The van der Waals surface area contributed by atoms with Crippen LogP contribution in [0.2, 0.25) is 19.6 Å². The van der Waals surface area contributed by atoms with Crippen molar-refractivity contribution in [2.75, 3.05) is 20.7 Å². The summed E-state index contributed by atoms with van der Waals surface area (Å²) < 4.78 is 8.63. The van der Waals surface area contributed by atoms with E-state index < -0.39 is 16.9 Å². The van der Waals surface area contributed by atoms with Crippen molar-refractivity contribution < 1.29 is 4.43 Å². The van der Waals surface area contributed by atoms with E-state index in [1.165, 1.54) is 5.19 Å². The van der Waals surface area contributed by atoms with Crippen molar-refractivity contribution in [2.24, 2.45) is 0 Å². The number of nitrogens with one attached hydrogen (secondary N) is 1. The Labute approximate surface area is 114 Å². The van der Waals surface area contributed by atoms with Gasteiger partial charge in [-0.2, -0.15) is 0 Å². The van der Waals surface area contributed by atoms with Gasteiger partial charge in [0, 0.05) is 7.11 Å². The lowest BCUT2D eigenvalue weighted by Gasteiger charge is -2.46. The summed E-state index contributed by atoms with van der Waals surface area (Å²) in [4.78, 5) is 3.52. The molecule has 0 fully saturated rings. The van der Waals surface area contributed by atoms with Gasteiger partial charge < -0.3 is 13.6 Å². The third kappa shape index (κ3) is 2.92. The molecule has 0 aliphatic rings. The largest absolute Gasteiger partial charge is 0.392 e. The van der Waals surface area contributed by atoms with E-state index in [1.54, 1.807) is 0 Å². The second kappa shape index (κ2) is 6.12. The predicted octanol–water partition coefficient (Wildman–Crippen LogP) is 1.86. The number of hydrogen-bond acceptors (Lipinski definition) is 3. The van der Waals surface area contributed by atoms with Crippen molar-refractivity contribution >= 4 is 22.1 Å². The van der Waals surface area contributed by atoms with E-state index in [0.717, 1.165) is 6.54 Å². The lowest BCUT2D eigenvalue weighted by Crippen LogP contribution is -2.77. The molecule has 1 atom stereocenters. The van der Waals surface area contributed by atoms with E-state index in [2.05, 4.69) is 66.1 Å². The normalized spacial score (nSPS) is 15.7. The molecule has 0 saturated heterocycles. The first-order valence-electron chi connectivity index (χ1n) is 6.49. The topological polar surface area (TPSA) is 24.5 Å². The molecule has 3 nitrogen and oxygen atoms in total. The molecule has 18 heavy (non-hydrogen) atoms. The molecule has 1 unspecified atom stereocenters. The summed E-state index contributed by atoms with van der Waals surface area (Å²) in [7, 11) is 0.173. The van der Waals surface area contributed by atoms with Gasteiger partial charge in [0.25, 0.3) is 0 Å². The average molecular weight is 283 g/mol. The highest BCUT2D eigenvalue weighted by molar-refractivity contribution is 6.93. The Morgan fingerprint density at radius 1 is 1.17 bits per heavy atom. The van der Waals surface area contributed by atoms with E-state index in [4.69, 9.17) is 4.43 Å². The molecule has 1 aromatic carbocycles. The molecule has 1 N–H and O–H groups in total. The van der Waals surface area contributed by atoms with Crippen molar-refractivity contribution in [2.45, 2.75) is 26.6 Å². The smallest absolute Gasteiger partial charge is 0.382 e. The molecule has 0 radical (unpaired) electrons.